The molecular weight excluding hydrogens is 202 g/mol. The highest BCUT2D eigenvalue weighted by Gasteiger charge is 2.12. The lowest BCUT2D eigenvalue weighted by Gasteiger charge is -2.07. The monoisotopic (exact) mass is 215 g/mol. The van der Waals surface area contributed by atoms with Crippen molar-refractivity contribution >= 4 is 10.0 Å². The third-order valence-corrected chi connectivity index (χ3v) is 3.36. The van der Waals surface area contributed by atoms with Crippen LogP contribution in [0.3, 0.4) is 0 Å². The van der Waals surface area contributed by atoms with E-state index >= 15 is 0 Å². The molecule has 78 valence electrons. The van der Waals surface area contributed by atoms with Gasteiger partial charge in [-0.25, -0.2) is 13.1 Å². The molecule has 1 aromatic carbocycles. The van der Waals surface area contributed by atoms with Gasteiger partial charge < -0.3 is 4.74 Å². The van der Waals surface area contributed by atoms with Crippen molar-refractivity contribution in [3.63, 3.8) is 0 Å². The lowest BCUT2D eigenvalue weighted by Crippen LogP contribution is -2.18. The molecule has 0 radical (unpaired) electrons. The van der Waals surface area contributed by atoms with Crippen molar-refractivity contribution < 1.29 is 13.2 Å². The number of hydrogen-bond donors (Lipinski definition) is 1. The van der Waals surface area contributed by atoms with E-state index in [4.69, 9.17) is 4.74 Å². The van der Waals surface area contributed by atoms with Gasteiger partial charge in [0.25, 0.3) is 0 Å². The normalized spacial score (nSPS) is 11.4. The summed E-state index contributed by atoms with van der Waals surface area (Å²) in [6.07, 6.45) is 0. The highest BCUT2D eigenvalue weighted by molar-refractivity contribution is 7.89. The van der Waals surface area contributed by atoms with E-state index in [0.29, 0.717) is 5.75 Å². The van der Waals surface area contributed by atoms with Crippen molar-refractivity contribution in [1.82, 2.24) is 4.72 Å². The number of aryl methyl sites for hydroxylation is 1. The van der Waals surface area contributed by atoms with Gasteiger partial charge in [-0.1, -0.05) is 0 Å². The Morgan fingerprint density at radius 1 is 1.36 bits per heavy atom. The zero-order chi connectivity index (χ0) is 10.8. The van der Waals surface area contributed by atoms with Crippen LogP contribution in [0, 0.1) is 6.92 Å². The number of sulfonamides is 1. The van der Waals surface area contributed by atoms with Gasteiger partial charge in [-0.05, 0) is 37.7 Å². The molecule has 0 spiro atoms. The van der Waals surface area contributed by atoms with Gasteiger partial charge in [0.05, 0.1) is 12.0 Å². The summed E-state index contributed by atoms with van der Waals surface area (Å²) >= 11 is 0. The van der Waals surface area contributed by atoms with Gasteiger partial charge in [0.1, 0.15) is 5.75 Å². The largest absolute Gasteiger partial charge is 0.496 e. The molecule has 0 aromatic heterocycles. The van der Waals surface area contributed by atoms with Crippen LogP contribution in [0.15, 0.2) is 23.1 Å². The Hall–Kier alpha value is -1.07. The van der Waals surface area contributed by atoms with Crippen LogP contribution in [-0.2, 0) is 10.0 Å². The molecule has 0 fully saturated rings. The predicted octanol–water partition coefficient (Wildman–Crippen LogP) is 0.912. The van der Waals surface area contributed by atoms with Crippen molar-refractivity contribution in [3.8, 4) is 5.75 Å². The van der Waals surface area contributed by atoms with Crippen molar-refractivity contribution in [3.05, 3.63) is 23.8 Å². The Balaban J connectivity index is 3.22. The molecule has 0 bridgehead atoms. The first-order valence-corrected chi connectivity index (χ1v) is 5.58. The highest BCUT2D eigenvalue weighted by atomic mass is 32.2. The SMILES string of the molecule is CNS(=O)(=O)c1ccc(OC)c(C)c1. The van der Waals surface area contributed by atoms with Gasteiger partial charge in [0.15, 0.2) is 0 Å². The summed E-state index contributed by atoms with van der Waals surface area (Å²) in [7, 11) is -0.417. The van der Waals surface area contributed by atoms with Crippen LogP contribution in [0.5, 0.6) is 5.75 Å². The minimum absolute atomic E-state index is 0.248. The zero-order valence-corrected chi connectivity index (χ0v) is 9.18. The zero-order valence-electron chi connectivity index (χ0n) is 8.37. The fourth-order valence-electron chi connectivity index (χ4n) is 1.14. The number of rotatable bonds is 3. The van der Waals surface area contributed by atoms with Crippen LogP contribution in [0.25, 0.3) is 0 Å². The summed E-state index contributed by atoms with van der Waals surface area (Å²) in [6.45, 7) is 1.80. The standard InChI is InChI=1S/C9H13NO3S/c1-7-6-8(14(11,12)10-2)4-5-9(7)13-3/h4-6,10H,1-3H3. The van der Waals surface area contributed by atoms with E-state index in [9.17, 15) is 8.42 Å². The quantitative estimate of drug-likeness (QED) is 0.815. The molecule has 0 heterocycles. The minimum Gasteiger partial charge on any atom is -0.496 e. The van der Waals surface area contributed by atoms with Crippen LogP contribution in [0.1, 0.15) is 5.56 Å². The fourth-order valence-corrected chi connectivity index (χ4v) is 1.95. The number of benzene rings is 1. The van der Waals surface area contributed by atoms with Crippen molar-refractivity contribution in [1.29, 1.82) is 0 Å². The van der Waals surface area contributed by atoms with Gasteiger partial charge in [0, 0.05) is 0 Å². The first kappa shape index (κ1) is 11.0. The maximum absolute atomic E-state index is 11.4. The van der Waals surface area contributed by atoms with Crippen LogP contribution < -0.4 is 9.46 Å². The summed E-state index contributed by atoms with van der Waals surface area (Å²) in [5.74, 6) is 0.681. The van der Waals surface area contributed by atoms with E-state index in [-0.39, 0.29) is 4.90 Å². The Labute approximate surface area is 84.0 Å². The maximum Gasteiger partial charge on any atom is 0.240 e. The number of hydrogen-bond acceptors (Lipinski definition) is 3. The third kappa shape index (κ3) is 2.05. The van der Waals surface area contributed by atoms with Gasteiger partial charge in [-0.15, -0.1) is 0 Å². The molecule has 1 N–H and O–H groups in total. The van der Waals surface area contributed by atoms with Crippen LogP contribution in [0.4, 0.5) is 0 Å². The summed E-state index contributed by atoms with van der Waals surface area (Å²) in [5, 5.41) is 0. The molecule has 0 saturated heterocycles. The number of methoxy groups -OCH3 is 1. The molecule has 5 heteroatoms. The Morgan fingerprint density at radius 3 is 2.43 bits per heavy atom. The molecule has 0 aliphatic rings. The second-order valence-electron chi connectivity index (χ2n) is 2.84. The average Bonchev–Trinajstić information content (AvgIpc) is 2.17. The van der Waals surface area contributed by atoms with Crippen LogP contribution in [0.2, 0.25) is 0 Å². The van der Waals surface area contributed by atoms with E-state index in [0.717, 1.165) is 5.56 Å². The number of ether oxygens (including phenoxy) is 1. The predicted molar refractivity (Wildman–Crippen MR) is 54.0 cm³/mol. The Kier molecular flexibility index (Phi) is 3.13. The Morgan fingerprint density at radius 2 is 2.00 bits per heavy atom. The van der Waals surface area contributed by atoms with Gasteiger partial charge in [-0.3, -0.25) is 0 Å². The topological polar surface area (TPSA) is 55.4 Å². The van der Waals surface area contributed by atoms with Gasteiger partial charge >= 0.3 is 0 Å². The van der Waals surface area contributed by atoms with Gasteiger partial charge in [0.2, 0.25) is 10.0 Å². The molecule has 0 aliphatic heterocycles. The molecule has 0 amide bonds. The van der Waals surface area contributed by atoms with Crippen LogP contribution >= 0.6 is 0 Å². The van der Waals surface area contributed by atoms with Crippen molar-refractivity contribution in [2.45, 2.75) is 11.8 Å². The molecule has 14 heavy (non-hydrogen) atoms. The lowest BCUT2D eigenvalue weighted by atomic mass is 10.2. The molecule has 0 unspecified atom stereocenters. The van der Waals surface area contributed by atoms with Gasteiger partial charge in [-0.2, -0.15) is 0 Å². The second kappa shape index (κ2) is 3.98. The smallest absolute Gasteiger partial charge is 0.240 e. The lowest BCUT2D eigenvalue weighted by molar-refractivity contribution is 0.411. The van der Waals surface area contributed by atoms with E-state index in [1.54, 1.807) is 26.2 Å². The van der Waals surface area contributed by atoms with Crippen LogP contribution in [-0.4, -0.2) is 22.6 Å². The summed E-state index contributed by atoms with van der Waals surface area (Å²) in [5.41, 5.74) is 0.795. The average molecular weight is 215 g/mol. The summed E-state index contributed by atoms with van der Waals surface area (Å²) in [4.78, 5) is 0.248. The molecule has 0 aliphatic carbocycles. The summed E-state index contributed by atoms with van der Waals surface area (Å²) < 4.78 is 30.1. The third-order valence-electron chi connectivity index (χ3n) is 1.95. The fraction of sp³-hybridized carbons (Fsp3) is 0.333. The molecule has 0 atom stereocenters. The first-order chi connectivity index (χ1) is 6.51. The number of nitrogens with one attached hydrogen (secondary N) is 1. The molecule has 4 nitrogen and oxygen atoms in total. The molecule has 0 saturated carbocycles. The molecular formula is C9H13NO3S. The molecule has 1 aromatic rings. The van der Waals surface area contributed by atoms with E-state index in [2.05, 4.69) is 4.72 Å². The Bertz CT molecular complexity index is 426. The van der Waals surface area contributed by atoms with E-state index in [1.807, 2.05) is 0 Å². The summed E-state index contributed by atoms with van der Waals surface area (Å²) in [6, 6.07) is 4.72. The van der Waals surface area contributed by atoms with E-state index in [1.165, 1.54) is 13.1 Å². The van der Waals surface area contributed by atoms with Crippen molar-refractivity contribution in [2.75, 3.05) is 14.2 Å². The molecule has 1 rings (SSSR count). The highest BCUT2D eigenvalue weighted by Crippen LogP contribution is 2.20. The van der Waals surface area contributed by atoms with Crippen molar-refractivity contribution in [2.24, 2.45) is 0 Å². The minimum atomic E-state index is -3.35. The second-order valence-corrected chi connectivity index (χ2v) is 4.73. The maximum atomic E-state index is 11.4. The van der Waals surface area contributed by atoms with E-state index < -0.39 is 10.0 Å². The first-order valence-electron chi connectivity index (χ1n) is 4.09.